The first-order valence-electron chi connectivity index (χ1n) is 21.7. The van der Waals surface area contributed by atoms with Crippen LogP contribution in [0.1, 0.15) is 234 Å². The van der Waals surface area contributed by atoms with E-state index in [2.05, 4.69) is 32.6 Å². The van der Waals surface area contributed by atoms with Crippen molar-refractivity contribution in [1.29, 1.82) is 0 Å². The van der Waals surface area contributed by atoms with Gasteiger partial charge in [-0.2, -0.15) is 0 Å². The Kier molecular flexibility index (Phi) is 41.4. The smallest absolute Gasteiger partial charge is 0.306 e. The number of esters is 2. The third-order valence-electron chi connectivity index (χ3n) is 9.97. The number of ether oxygens (including phenoxy) is 2. The van der Waals surface area contributed by atoms with Gasteiger partial charge in [-0.25, -0.2) is 0 Å². The lowest BCUT2D eigenvalue weighted by Gasteiger charge is -2.22. The third kappa shape index (κ3) is 35.3. The minimum Gasteiger partial charge on any atom is -0.462 e. The third-order valence-corrected chi connectivity index (χ3v) is 9.97. The van der Waals surface area contributed by atoms with Crippen LogP contribution in [-0.4, -0.2) is 60.4 Å². The highest BCUT2D eigenvalue weighted by Crippen LogP contribution is 2.19. The highest BCUT2D eigenvalue weighted by molar-refractivity contribution is 5.69. The van der Waals surface area contributed by atoms with E-state index in [4.69, 9.17) is 9.47 Å². The van der Waals surface area contributed by atoms with E-state index in [-0.39, 0.29) is 38.2 Å². The SMILES string of the molecule is C.CCCCCCCCC(CCC)OC(=O)CCCN(CCO)CCCCCCCC(=O)OC(CCCCCCCC)CCCCCCCC. The molecule has 0 saturated carbocycles. The van der Waals surface area contributed by atoms with Gasteiger partial charge in [0.25, 0.3) is 0 Å². The predicted molar refractivity (Wildman–Crippen MR) is 216 cm³/mol. The summed E-state index contributed by atoms with van der Waals surface area (Å²) >= 11 is 0. The van der Waals surface area contributed by atoms with Gasteiger partial charge in [0.1, 0.15) is 12.2 Å². The monoisotopic (exact) mass is 712 g/mol. The van der Waals surface area contributed by atoms with Crippen molar-refractivity contribution in [3.63, 3.8) is 0 Å². The molecule has 0 radical (unpaired) electrons. The quantitative estimate of drug-likeness (QED) is 0.0505. The van der Waals surface area contributed by atoms with E-state index in [0.29, 0.717) is 19.4 Å². The van der Waals surface area contributed by atoms with E-state index in [9.17, 15) is 14.7 Å². The highest BCUT2D eigenvalue weighted by Gasteiger charge is 2.16. The number of hydrogen-bond acceptors (Lipinski definition) is 6. The molecule has 0 aliphatic rings. The molecule has 6 heteroatoms. The van der Waals surface area contributed by atoms with Crippen molar-refractivity contribution in [2.75, 3.05) is 26.2 Å². The first-order valence-corrected chi connectivity index (χ1v) is 21.7. The van der Waals surface area contributed by atoms with Crippen LogP contribution in [0.3, 0.4) is 0 Å². The van der Waals surface area contributed by atoms with Gasteiger partial charge in [-0.05, 0) is 77.3 Å². The Hall–Kier alpha value is -1.14. The largest absolute Gasteiger partial charge is 0.462 e. The van der Waals surface area contributed by atoms with Crippen molar-refractivity contribution in [3.8, 4) is 0 Å². The Labute approximate surface area is 313 Å². The molecule has 0 saturated heterocycles. The first-order chi connectivity index (χ1) is 24.0. The summed E-state index contributed by atoms with van der Waals surface area (Å²) in [6.07, 6.45) is 35.1. The standard InChI is InChI=1S/C43H85NO5.CH4/c1-5-9-12-15-19-24-31-40(30-8-4)48-43(47)35-29-37-44(38-39-45)36-28-23-18-22-27-34-42(46)49-41(32-25-20-16-13-10-6-2)33-26-21-17-14-11-7-3;/h40-41,45H,5-39H2,1-4H3;1H4. The number of aliphatic hydroxyl groups excluding tert-OH is 1. The number of aliphatic hydroxyl groups is 1. The molecule has 0 heterocycles. The van der Waals surface area contributed by atoms with Crippen LogP contribution in [0.15, 0.2) is 0 Å². The van der Waals surface area contributed by atoms with E-state index in [1.807, 2.05) is 0 Å². The zero-order chi connectivity index (χ0) is 36.0. The highest BCUT2D eigenvalue weighted by atomic mass is 16.5. The van der Waals surface area contributed by atoms with E-state index >= 15 is 0 Å². The van der Waals surface area contributed by atoms with Gasteiger partial charge in [0.15, 0.2) is 0 Å². The van der Waals surface area contributed by atoms with Crippen LogP contribution < -0.4 is 0 Å². The summed E-state index contributed by atoms with van der Waals surface area (Å²) in [5, 5.41) is 9.57. The van der Waals surface area contributed by atoms with E-state index in [1.165, 1.54) is 109 Å². The maximum atomic E-state index is 12.7. The second-order valence-electron chi connectivity index (χ2n) is 14.9. The lowest BCUT2D eigenvalue weighted by Crippen LogP contribution is -2.29. The van der Waals surface area contributed by atoms with Crippen molar-refractivity contribution in [2.45, 2.75) is 246 Å². The Morgan fingerprint density at radius 2 is 0.800 bits per heavy atom. The van der Waals surface area contributed by atoms with Crippen molar-refractivity contribution < 1.29 is 24.2 Å². The second-order valence-corrected chi connectivity index (χ2v) is 14.9. The summed E-state index contributed by atoms with van der Waals surface area (Å²) in [7, 11) is 0. The van der Waals surface area contributed by atoms with Gasteiger partial charge >= 0.3 is 11.9 Å². The van der Waals surface area contributed by atoms with E-state index in [1.54, 1.807) is 0 Å². The molecule has 50 heavy (non-hydrogen) atoms. The molecule has 1 unspecified atom stereocenters. The van der Waals surface area contributed by atoms with Crippen LogP contribution in [0, 0.1) is 0 Å². The van der Waals surface area contributed by atoms with E-state index < -0.39 is 0 Å². The van der Waals surface area contributed by atoms with Gasteiger partial charge in [0.2, 0.25) is 0 Å². The molecular weight excluding hydrogens is 622 g/mol. The van der Waals surface area contributed by atoms with Crippen LogP contribution in [0.2, 0.25) is 0 Å². The molecule has 0 amide bonds. The fourth-order valence-corrected chi connectivity index (χ4v) is 6.85. The molecule has 0 aliphatic carbocycles. The maximum absolute atomic E-state index is 12.7. The molecular formula is C44H89NO5. The molecule has 0 aromatic heterocycles. The Bertz CT molecular complexity index is 686. The molecule has 300 valence electrons. The maximum Gasteiger partial charge on any atom is 0.306 e. The minimum absolute atomic E-state index is 0. The van der Waals surface area contributed by atoms with Gasteiger partial charge in [-0.3, -0.25) is 9.59 Å². The molecule has 1 atom stereocenters. The lowest BCUT2D eigenvalue weighted by atomic mass is 10.0. The molecule has 0 aromatic carbocycles. The molecule has 6 nitrogen and oxygen atoms in total. The number of carbonyl (C=O) groups excluding carboxylic acids is 2. The fourth-order valence-electron chi connectivity index (χ4n) is 6.85. The Balaban J connectivity index is 0. The van der Waals surface area contributed by atoms with Gasteiger partial charge in [-0.15, -0.1) is 0 Å². The summed E-state index contributed by atoms with van der Waals surface area (Å²) in [4.78, 5) is 27.5. The van der Waals surface area contributed by atoms with Crippen LogP contribution in [-0.2, 0) is 19.1 Å². The Morgan fingerprint density at radius 1 is 0.440 bits per heavy atom. The Morgan fingerprint density at radius 3 is 1.24 bits per heavy atom. The van der Waals surface area contributed by atoms with Gasteiger partial charge < -0.3 is 19.5 Å². The van der Waals surface area contributed by atoms with Crippen LogP contribution in [0.5, 0.6) is 0 Å². The predicted octanol–water partition coefficient (Wildman–Crippen LogP) is 12.9. The second kappa shape index (κ2) is 40.6. The topological polar surface area (TPSA) is 76.1 Å². The molecule has 0 aliphatic heterocycles. The summed E-state index contributed by atoms with van der Waals surface area (Å²) in [5.74, 6) is -0.0684. The summed E-state index contributed by atoms with van der Waals surface area (Å²) in [6.45, 7) is 11.5. The molecule has 0 aromatic rings. The molecule has 1 N–H and O–H groups in total. The van der Waals surface area contributed by atoms with Gasteiger partial charge in [0, 0.05) is 19.4 Å². The summed E-state index contributed by atoms with van der Waals surface area (Å²) in [5.41, 5.74) is 0. The zero-order valence-electron chi connectivity index (χ0n) is 33.4. The number of carbonyl (C=O) groups is 2. The number of hydrogen-bond donors (Lipinski definition) is 1. The minimum atomic E-state index is -0.0666. The molecule has 0 spiro atoms. The van der Waals surface area contributed by atoms with Crippen LogP contribution in [0.25, 0.3) is 0 Å². The average Bonchev–Trinajstić information content (AvgIpc) is 3.08. The lowest BCUT2D eigenvalue weighted by molar-refractivity contribution is -0.151. The molecule has 0 bridgehead atoms. The fraction of sp³-hybridized carbons (Fsp3) is 0.955. The van der Waals surface area contributed by atoms with Crippen molar-refractivity contribution in [3.05, 3.63) is 0 Å². The number of nitrogens with zero attached hydrogens (tertiary/aromatic N) is 1. The van der Waals surface area contributed by atoms with Gasteiger partial charge in [0.05, 0.1) is 6.61 Å². The molecule has 0 rings (SSSR count). The molecule has 0 fully saturated rings. The summed E-state index contributed by atoms with van der Waals surface area (Å²) in [6, 6.07) is 0. The zero-order valence-corrected chi connectivity index (χ0v) is 33.4. The van der Waals surface area contributed by atoms with Crippen molar-refractivity contribution in [1.82, 2.24) is 4.90 Å². The number of unbranched alkanes of at least 4 members (excludes halogenated alkanes) is 19. The van der Waals surface area contributed by atoms with Gasteiger partial charge in [-0.1, -0.05) is 157 Å². The average molecular weight is 712 g/mol. The van der Waals surface area contributed by atoms with Crippen LogP contribution in [0.4, 0.5) is 0 Å². The van der Waals surface area contributed by atoms with Crippen LogP contribution >= 0.6 is 0 Å². The van der Waals surface area contributed by atoms with Crippen molar-refractivity contribution >= 4 is 11.9 Å². The normalized spacial score (nSPS) is 12.0. The first kappa shape index (κ1) is 51.0. The number of rotatable bonds is 39. The van der Waals surface area contributed by atoms with E-state index in [0.717, 1.165) is 90.1 Å². The summed E-state index contributed by atoms with van der Waals surface area (Å²) < 4.78 is 11.9. The van der Waals surface area contributed by atoms with Crippen molar-refractivity contribution in [2.24, 2.45) is 0 Å².